The fourth-order valence-electron chi connectivity index (χ4n) is 2.14. The number of nitrogens with zero attached hydrogens (tertiary/aromatic N) is 2. The highest BCUT2D eigenvalue weighted by Gasteiger charge is 2.25. The van der Waals surface area contributed by atoms with Crippen molar-refractivity contribution in [2.75, 3.05) is 0 Å². The van der Waals surface area contributed by atoms with Crippen LogP contribution in [0.2, 0.25) is 5.02 Å². The maximum atomic E-state index is 12.1. The molecule has 1 heterocycles. The summed E-state index contributed by atoms with van der Waals surface area (Å²) < 4.78 is 0.848. The molecule has 10 heteroatoms. The fourth-order valence-corrected chi connectivity index (χ4v) is 3.58. The maximum absolute atomic E-state index is 12.1. The number of thioether (sulfide) groups is 1. The molecule has 0 radical (unpaired) electrons. The van der Waals surface area contributed by atoms with Crippen LogP contribution in [0, 0.1) is 10.1 Å². The van der Waals surface area contributed by atoms with Gasteiger partial charge in [0.2, 0.25) is 5.75 Å². The number of phenols is 1. The highest BCUT2D eigenvalue weighted by atomic mass is 79.9. The fraction of sp³-hybridized carbons (Fsp3) is 0. The molecule has 132 valence electrons. The summed E-state index contributed by atoms with van der Waals surface area (Å²) in [7, 11) is 0. The molecule has 0 bridgehead atoms. The highest BCUT2D eigenvalue weighted by Crippen LogP contribution is 2.37. The van der Waals surface area contributed by atoms with Gasteiger partial charge in [-0.05, 0) is 42.1 Å². The van der Waals surface area contributed by atoms with Gasteiger partial charge in [-0.1, -0.05) is 33.6 Å². The van der Waals surface area contributed by atoms with Crippen LogP contribution in [0.1, 0.15) is 5.56 Å². The number of phenolic OH excluding ortho intramolecular Hbond substituents is 1. The molecule has 0 aromatic heterocycles. The van der Waals surface area contributed by atoms with Crippen LogP contribution in [0.25, 0.3) is 6.08 Å². The first-order valence-corrected chi connectivity index (χ1v) is 9.04. The third kappa shape index (κ3) is 4.06. The normalized spacial score (nSPS) is 16.9. The molecule has 0 aliphatic carbocycles. The molecule has 3 rings (SSSR count). The monoisotopic (exact) mass is 453 g/mol. The summed E-state index contributed by atoms with van der Waals surface area (Å²) in [4.78, 5) is 26.9. The zero-order valence-corrected chi connectivity index (χ0v) is 15.9. The van der Waals surface area contributed by atoms with E-state index >= 15 is 0 Å². The Hall–Kier alpha value is -2.36. The third-order valence-corrected chi connectivity index (χ3v) is 4.88. The predicted octanol–water partition coefficient (Wildman–Crippen LogP) is 4.61. The van der Waals surface area contributed by atoms with Gasteiger partial charge >= 0.3 is 5.69 Å². The first-order chi connectivity index (χ1) is 12.3. The number of amides is 1. The van der Waals surface area contributed by atoms with Gasteiger partial charge in [0.05, 0.1) is 15.5 Å². The minimum Gasteiger partial charge on any atom is -0.502 e. The van der Waals surface area contributed by atoms with Gasteiger partial charge in [0.25, 0.3) is 5.91 Å². The molecule has 2 aromatic carbocycles. The van der Waals surface area contributed by atoms with Crippen molar-refractivity contribution >= 4 is 67.8 Å². The Morgan fingerprint density at radius 3 is 2.81 bits per heavy atom. The number of aliphatic imine (C=N–C) groups is 1. The molecule has 1 fully saturated rings. The van der Waals surface area contributed by atoms with Crippen LogP contribution in [0.3, 0.4) is 0 Å². The molecule has 1 aliphatic heterocycles. The lowest BCUT2D eigenvalue weighted by atomic mass is 10.1. The molecule has 1 saturated heterocycles. The number of hydrogen-bond donors (Lipinski definition) is 2. The second-order valence-electron chi connectivity index (χ2n) is 5.08. The zero-order valence-electron chi connectivity index (χ0n) is 12.8. The van der Waals surface area contributed by atoms with Crippen molar-refractivity contribution in [3.8, 4) is 5.75 Å². The second-order valence-corrected chi connectivity index (χ2v) is 7.46. The second kappa shape index (κ2) is 7.48. The standard InChI is InChI=1S/C16H9BrClN3O4S/c17-9-2-1-3-11(6-9)19-16-20-15(23)13(26-16)5-8-4-10(18)7-12(14(8)22)21(24)25/h1-7,22H,(H,19,20,23)/b13-5-. The largest absolute Gasteiger partial charge is 0.502 e. The lowest BCUT2D eigenvalue weighted by Gasteiger charge is -2.02. The number of halogens is 2. The van der Waals surface area contributed by atoms with E-state index in [0.717, 1.165) is 22.3 Å². The van der Waals surface area contributed by atoms with Gasteiger partial charge < -0.3 is 10.4 Å². The van der Waals surface area contributed by atoms with Crippen LogP contribution < -0.4 is 5.32 Å². The van der Waals surface area contributed by atoms with E-state index in [1.54, 1.807) is 12.1 Å². The third-order valence-electron chi connectivity index (χ3n) is 3.26. The van der Waals surface area contributed by atoms with Crippen LogP contribution in [0.15, 0.2) is 50.8 Å². The maximum Gasteiger partial charge on any atom is 0.312 e. The topological polar surface area (TPSA) is 105 Å². The average Bonchev–Trinajstić information content (AvgIpc) is 2.89. The molecule has 26 heavy (non-hydrogen) atoms. The molecule has 2 aromatic rings. The van der Waals surface area contributed by atoms with Crippen LogP contribution in [-0.4, -0.2) is 21.1 Å². The molecular formula is C16H9BrClN3O4S. The number of amidine groups is 1. The predicted molar refractivity (Wildman–Crippen MR) is 105 cm³/mol. The number of carbonyl (C=O) groups excluding carboxylic acids is 1. The van der Waals surface area contributed by atoms with Gasteiger partial charge in [-0.25, -0.2) is 4.99 Å². The van der Waals surface area contributed by atoms with Crippen molar-refractivity contribution in [1.29, 1.82) is 0 Å². The number of benzene rings is 2. The molecule has 0 saturated carbocycles. The molecule has 7 nitrogen and oxygen atoms in total. The summed E-state index contributed by atoms with van der Waals surface area (Å²) in [5, 5.41) is 24.0. The Morgan fingerprint density at radius 2 is 2.12 bits per heavy atom. The first kappa shape index (κ1) is 18.4. The van der Waals surface area contributed by atoms with Crippen LogP contribution in [-0.2, 0) is 4.79 Å². The van der Waals surface area contributed by atoms with E-state index in [1.807, 2.05) is 12.1 Å². The molecular weight excluding hydrogens is 446 g/mol. The van der Waals surface area contributed by atoms with Crippen molar-refractivity contribution < 1.29 is 14.8 Å². The van der Waals surface area contributed by atoms with E-state index in [1.165, 1.54) is 12.1 Å². The van der Waals surface area contributed by atoms with E-state index < -0.39 is 22.3 Å². The average molecular weight is 455 g/mol. The lowest BCUT2D eigenvalue weighted by molar-refractivity contribution is -0.385. The smallest absolute Gasteiger partial charge is 0.312 e. The molecule has 1 amide bonds. The number of aromatic hydroxyl groups is 1. The Morgan fingerprint density at radius 1 is 1.35 bits per heavy atom. The lowest BCUT2D eigenvalue weighted by Crippen LogP contribution is -2.19. The van der Waals surface area contributed by atoms with Gasteiger partial charge in [0.15, 0.2) is 5.17 Å². The van der Waals surface area contributed by atoms with Crippen molar-refractivity contribution in [3.63, 3.8) is 0 Å². The molecule has 0 unspecified atom stereocenters. The number of nitrogens with one attached hydrogen (secondary N) is 1. The van der Waals surface area contributed by atoms with E-state index in [4.69, 9.17) is 11.6 Å². The molecule has 0 atom stereocenters. The van der Waals surface area contributed by atoms with Crippen LogP contribution in [0.5, 0.6) is 5.75 Å². The Kier molecular flexibility index (Phi) is 5.30. The molecule has 2 N–H and O–H groups in total. The minimum absolute atomic E-state index is 0.0746. The summed E-state index contributed by atoms with van der Waals surface area (Å²) in [5.74, 6) is -0.983. The van der Waals surface area contributed by atoms with Crippen LogP contribution >= 0.6 is 39.3 Å². The summed E-state index contributed by atoms with van der Waals surface area (Å²) >= 11 is 10.3. The summed E-state index contributed by atoms with van der Waals surface area (Å²) in [6, 6.07) is 9.61. The minimum atomic E-state index is -0.745. The summed E-state index contributed by atoms with van der Waals surface area (Å²) in [5.41, 5.74) is 0.186. The van der Waals surface area contributed by atoms with E-state index in [9.17, 15) is 20.0 Å². The number of hydrogen-bond acceptors (Lipinski definition) is 6. The molecule has 0 spiro atoms. The van der Waals surface area contributed by atoms with Gasteiger partial charge in [-0.3, -0.25) is 14.9 Å². The van der Waals surface area contributed by atoms with Crippen molar-refractivity contribution in [1.82, 2.24) is 5.32 Å². The van der Waals surface area contributed by atoms with Crippen LogP contribution in [0.4, 0.5) is 11.4 Å². The SMILES string of the molecule is O=C1NC(=Nc2cccc(Br)c2)S/C1=C\c1cc(Cl)cc([N+](=O)[O-])c1O. The Balaban J connectivity index is 1.94. The first-order valence-electron chi connectivity index (χ1n) is 7.05. The Bertz CT molecular complexity index is 993. The number of nitro groups is 1. The Labute approximate surface area is 165 Å². The summed E-state index contributed by atoms with van der Waals surface area (Å²) in [6.45, 7) is 0. The van der Waals surface area contributed by atoms with Gasteiger partial charge in [0.1, 0.15) is 0 Å². The van der Waals surface area contributed by atoms with Gasteiger partial charge in [0, 0.05) is 21.1 Å². The van der Waals surface area contributed by atoms with Crippen molar-refractivity contribution in [2.45, 2.75) is 0 Å². The van der Waals surface area contributed by atoms with Crippen molar-refractivity contribution in [3.05, 3.63) is 66.5 Å². The highest BCUT2D eigenvalue weighted by molar-refractivity contribution is 9.10. The van der Waals surface area contributed by atoms with Gasteiger partial charge in [-0.2, -0.15) is 0 Å². The quantitative estimate of drug-likeness (QED) is 0.400. The number of nitro benzene ring substituents is 1. The number of carbonyl (C=O) groups is 1. The van der Waals surface area contributed by atoms with Crippen molar-refractivity contribution in [2.24, 2.45) is 4.99 Å². The van der Waals surface area contributed by atoms with E-state index in [2.05, 4.69) is 26.2 Å². The van der Waals surface area contributed by atoms with Gasteiger partial charge in [-0.15, -0.1) is 0 Å². The van der Waals surface area contributed by atoms with E-state index in [0.29, 0.717) is 10.9 Å². The summed E-state index contributed by atoms with van der Waals surface area (Å²) in [6.07, 6.45) is 1.33. The number of rotatable bonds is 3. The molecule has 1 aliphatic rings. The zero-order chi connectivity index (χ0) is 18.8. The van der Waals surface area contributed by atoms with E-state index in [-0.39, 0.29) is 15.5 Å².